The minimum Gasteiger partial charge on any atom is -0.462 e. The van der Waals surface area contributed by atoms with Crippen molar-refractivity contribution in [1.82, 2.24) is 0 Å². The average Bonchev–Trinajstić information content (AvgIpc) is 2.51. The summed E-state index contributed by atoms with van der Waals surface area (Å²) in [6.45, 7) is 6.09. The van der Waals surface area contributed by atoms with Crippen molar-refractivity contribution in [2.45, 2.75) is 43.4 Å². The summed E-state index contributed by atoms with van der Waals surface area (Å²) in [7, 11) is 0. The van der Waals surface area contributed by atoms with Gasteiger partial charge in [-0.15, -0.1) is 11.8 Å². The molecule has 2 nitrogen and oxygen atoms in total. The number of benzene rings is 1. The van der Waals surface area contributed by atoms with E-state index in [4.69, 9.17) is 4.74 Å². The van der Waals surface area contributed by atoms with Crippen molar-refractivity contribution < 1.29 is 9.53 Å². The van der Waals surface area contributed by atoms with Gasteiger partial charge >= 0.3 is 5.97 Å². The van der Waals surface area contributed by atoms with E-state index in [9.17, 15) is 4.79 Å². The molecule has 0 saturated carbocycles. The first kappa shape index (κ1) is 11.5. The molecule has 1 aromatic rings. The molecule has 86 valence electrons. The highest BCUT2D eigenvalue weighted by molar-refractivity contribution is 8.00. The van der Waals surface area contributed by atoms with E-state index < -0.39 is 0 Å². The second kappa shape index (κ2) is 4.50. The van der Waals surface area contributed by atoms with Gasteiger partial charge in [0.1, 0.15) is 11.4 Å². The SMILES string of the molecule is Cc1ccc(C)c(S[C@H]2C[C@@H](C)OC2=O)c1. The van der Waals surface area contributed by atoms with Crippen LogP contribution in [0.2, 0.25) is 0 Å². The molecule has 0 spiro atoms. The van der Waals surface area contributed by atoms with Crippen LogP contribution in [-0.4, -0.2) is 17.3 Å². The number of thioether (sulfide) groups is 1. The number of hydrogen-bond donors (Lipinski definition) is 0. The molecule has 1 saturated heterocycles. The van der Waals surface area contributed by atoms with Crippen LogP contribution in [0.5, 0.6) is 0 Å². The molecular formula is C13H16O2S. The van der Waals surface area contributed by atoms with Gasteiger partial charge in [0.05, 0.1) is 0 Å². The lowest BCUT2D eigenvalue weighted by molar-refractivity contribution is -0.140. The molecule has 0 aliphatic carbocycles. The van der Waals surface area contributed by atoms with Gasteiger partial charge in [-0.1, -0.05) is 17.7 Å². The summed E-state index contributed by atoms with van der Waals surface area (Å²) in [6, 6.07) is 6.33. The van der Waals surface area contributed by atoms with Gasteiger partial charge in [0.2, 0.25) is 0 Å². The van der Waals surface area contributed by atoms with Gasteiger partial charge in [0.25, 0.3) is 0 Å². The summed E-state index contributed by atoms with van der Waals surface area (Å²) >= 11 is 1.63. The minimum absolute atomic E-state index is 0.0319. The third kappa shape index (κ3) is 2.40. The maximum absolute atomic E-state index is 11.5. The molecule has 1 aromatic carbocycles. The Hall–Kier alpha value is -0.960. The quantitative estimate of drug-likeness (QED) is 0.738. The fourth-order valence-corrected chi connectivity index (χ4v) is 3.14. The highest BCUT2D eigenvalue weighted by atomic mass is 32.2. The molecule has 16 heavy (non-hydrogen) atoms. The Morgan fingerprint density at radius 1 is 1.38 bits per heavy atom. The molecule has 0 N–H and O–H groups in total. The summed E-state index contributed by atoms with van der Waals surface area (Å²) in [4.78, 5) is 12.7. The summed E-state index contributed by atoms with van der Waals surface area (Å²) in [5.41, 5.74) is 2.45. The van der Waals surface area contributed by atoms with Crippen molar-refractivity contribution in [3.63, 3.8) is 0 Å². The number of aryl methyl sites for hydroxylation is 2. The van der Waals surface area contributed by atoms with Crippen LogP contribution in [0.15, 0.2) is 23.1 Å². The standard InChI is InChI=1S/C13H16O2S/c1-8-4-5-9(2)11(6-8)16-12-7-10(3)15-13(12)14/h4-6,10,12H,7H2,1-3H3/t10-,12+/m1/s1. The zero-order valence-electron chi connectivity index (χ0n) is 9.82. The molecule has 2 atom stereocenters. The topological polar surface area (TPSA) is 26.3 Å². The van der Waals surface area contributed by atoms with Crippen molar-refractivity contribution >= 4 is 17.7 Å². The van der Waals surface area contributed by atoms with Crippen LogP contribution in [0, 0.1) is 13.8 Å². The first-order valence-corrected chi connectivity index (χ1v) is 6.38. The fourth-order valence-electron chi connectivity index (χ4n) is 1.80. The van der Waals surface area contributed by atoms with Crippen LogP contribution in [0.3, 0.4) is 0 Å². The van der Waals surface area contributed by atoms with Gasteiger partial charge < -0.3 is 4.74 Å². The Balaban J connectivity index is 2.15. The van der Waals surface area contributed by atoms with Crippen LogP contribution in [0.4, 0.5) is 0 Å². The highest BCUT2D eigenvalue weighted by Crippen LogP contribution is 2.34. The Labute approximate surface area is 100 Å². The second-order valence-corrected chi connectivity index (χ2v) is 5.60. The van der Waals surface area contributed by atoms with Crippen LogP contribution in [0.1, 0.15) is 24.5 Å². The summed E-state index contributed by atoms with van der Waals surface area (Å²) < 4.78 is 5.16. The Morgan fingerprint density at radius 2 is 2.12 bits per heavy atom. The normalized spacial score (nSPS) is 24.6. The third-order valence-corrected chi connectivity index (χ3v) is 4.10. The van der Waals surface area contributed by atoms with E-state index in [-0.39, 0.29) is 17.3 Å². The van der Waals surface area contributed by atoms with E-state index in [1.807, 2.05) is 6.92 Å². The summed E-state index contributed by atoms with van der Waals surface area (Å²) in [6.07, 6.45) is 0.881. The van der Waals surface area contributed by atoms with E-state index in [2.05, 4.69) is 32.0 Å². The molecule has 1 aliphatic rings. The number of carbonyl (C=O) groups excluding carboxylic acids is 1. The summed E-state index contributed by atoms with van der Waals surface area (Å²) in [5.74, 6) is -0.0709. The molecule has 2 rings (SSSR count). The maximum Gasteiger partial charge on any atom is 0.319 e. The molecule has 1 fully saturated rings. The molecule has 1 aliphatic heterocycles. The van der Waals surface area contributed by atoms with Crippen molar-refractivity contribution in [2.75, 3.05) is 0 Å². The number of cyclic esters (lactones) is 1. The molecule has 0 unspecified atom stereocenters. The van der Waals surface area contributed by atoms with Gasteiger partial charge in [-0.3, -0.25) is 4.79 Å². The van der Waals surface area contributed by atoms with Crippen LogP contribution in [0.25, 0.3) is 0 Å². The smallest absolute Gasteiger partial charge is 0.319 e. The van der Waals surface area contributed by atoms with Crippen LogP contribution >= 0.6 is 11.8 Å². The Morgan fingerprint density at radius 3 is 2.75 bits per heavy atom. The average molecular weight is 236 g/mol. The first-order chi connectivity index (χ1) is 7.56. The van der Waals surface area contributed by atoms with E-state index >= 15 is 0 Å². The molecule has 0 bridgehead atoms. The van der Waals surface area contributed by atoms with Crippen molar-refractivity contribution in [3.05, 3.63) is 29.3 Å². The van der Waals surface area contributed by atoms with E-state index in [0.29, 0.717) is 0 Å². The lowest BCUT2D eigenvalue weighted by atomic mass is 10.2. The van der Waals surface area contributed by atoms with Gasteiger partial charge in [-0.05, 0) is 32.4 Å². The van der Waals surface area contributed by atoms with E-state index in [1.165, 1.54) is 16.0 Å². The van der Waals surface area contributed by atoms with E-state index in [1.54, 1.807) is 11.8 Å². The monoisotopic (exact) mass is 236 g/mol. The molecule has 1 heterocycles. The van der Waals surface area contributed by atoms with Crippen molar-refractivity contribution in [2.24, 2.45) is 0 Å². The predicted octanol–water partition coefficient (Wildman–Crippen LogP) is 3.10. The molecule has 0 aromatic heterocycles. The lowest BCUT2D eigenvalue weighted by Gasteiger charge is -2.09. The van der Waals surface area contributed by atoms with E-state index in [0.717, 1.165) is 6.42 Å². The fraction of sp³-hybridized carbons (Fsp3) is 0.462. The number of carbonyl (C=O) groups is 1. The zero-order chi connectivity index (χ0) is 11.7. The van der Waals surface area contributed by atoms with Gasteiger partial charge in [-0.2, -0.15) is 0 Å². The molecule has 3 heteroatoms. The van der Waals surface area contributed by atoms with Crippen molar-refractivity contribution in [1.29, 1.82) is 0 Å². The van der Waals surface area contributed by atoms with Gasteiger partial charge in [0.15, 0.2) is 0 Å². The minimum atomic E-state index is -0.0709. The highest BCUT2D eigenvalue weighted by Gasteiger charge is 2.32. The van der Waals surface area contributed by atoms with Gasteiger partial charge in [-0.25, -0.2) is 0 Å². The Kier molecular flexibility index (Phi) is 3.24. The predicted molar refractivity (Wildman–Crippen MR) is 65.7 cm³/mol. The number of esters is 1. The molecule has 0 amide bonds. The summed E-state index contributed by atoms with van der Waals surface area (Å²) in [5, 5.41) is -0.0319. The van der Waals surface area contributed by atoms with Gasteiger partial charge in [0, 0.05) is 11.3 Å². The number of rotatable bonds is 2. The molecule has 0 radical (unpaired) electrons. The second-order valence-electron chi connectivity index (χ2n) is 4.36. The number of ether oxygens (including phenoxy) is 1. The Bertz CT molecular complexity index is 414. The largest absolute Gasteiger partial charge is 0.462 e. The lowest BCUT2D eigenvalue weighted by Crippen LogP contribution is -2.09. The van der Waals surface area contributed by atoms with Crippen LogP contribution < -0.4 is 0 Å². The molecular weight excluding hydrogens is 220 g/mol. The third-order valence-electron chi connectivity index (χ3n) is 2.74. The zero-order valence-corrected chi connectivity index (χ0v) is 10.6. The maximum atomic E-state index is 11.5. The van der Waals surface area contributed by atoms with Crippen molar-refractivity contribution in [3.8, 4) is 0 Å². The first-order valence-electron chi connectivity index (χ1n) is 5.50. The number of hydrogen-bond acceptors (Lipinski definition) is 3. The van der Waals surface area contributed by atoms with Crippen LogP contribution in [-0.2, 0) is 9.53 Å².